The van der Waals surface area contributed by atoms with Gasteiger partial charge in [0.05, 0.1) is 5.56 Å². The number of unbranched alkanes of at least 4 members (excludes halogenated alkanes) is 2. The Morgan fingerprint density at radius 1 is 1.06 bits per heavy atom. The Kier molecular flexibility index (Phi) is 5.70. The predicted octanol–water partition coefficient (Wildman–Crippen LogP) is 5.78. The maximum absolute atomic E-state index is 12.9. The van der Waals surface area contributed by atoms with Crippen LogP contribution in [0.3, 0.4) is 0 Å². The maximum atomic E-state index is 12.9. The average Bonchev–Trinajstić information content (AvgIpc) is 2.34. The van der Waals surface area contributed by atoms with E-state index in [2.05, 4.69) is 6.92 Å². The van der Waals surface area contributed by atoms with Crippen molar-refractivity contribution in [2.45, 2.75) is 58.0 Å². The van der Waals surface area contributed by atoms with Gasteiger partial charge in [-0.05, 0) is 30.4 Å². The van der Waals surface area contributed by atoms with Crippen LogP contribution in [-0.4, -0.2) is 0 Å². The van der Waals surface area contributed by atoms with Crippen LogP contribution < -0.4 is 0 Å². The fraction of sp³-hybridized carbons (Fsp3) is 0.600. The van der Waals surface area contributed by atoms with Gasteiger partial charge in [-0.25, -0.2) is 0 Å². The smallest absolute Gasteiger partial charge is 0.166 e. The molecule has 0 fully saturated rings. The number of hydrogen-bond donors (Lipinski definition) is 0. The lowest BCUT2D eigenvalue weighted by Crippen LogP contribution is -2.12. The van der Waals surface area contributed by atoms with Crippen LogP contribution in [0.5, 0.6) is 0 Å². The van der Waals surface area contributed by atoms with Crippen molar-refractivity contribution in [3.63, 3.8) is 0 Å². The highest BCUT2D eigenvalue weighted by atomic mass is 19.4. The van der Waals surface area contributed by atoms with Gasteiger partial charge in [0.2, 0.25) is 0 Å². The van der Waals surface area contributed by atoms with Gasteiger partial charge in [0.15, 0.2) is 0 Å². The quantitative estimate of drug-likeness (QED) is 0.567. The summed E-state index contributed by atoms with van der Waals surface area (Å²) in [5, 5.41) is 0. The second-order valence-electron chi connectivity index (χ2n) is 4.69. The van der Waals surface area contributed by atoms with Gasteiger partial charge in [0.25, 0.3) is 0 Å². The molecule has 1 rings (SSSR count). The molecule has 0 aliphatic carbocycles. The molecule has 0 N–H and O–H groups in total. The van der Waals surface area contributed by atoms with Crippen molar-refractivity contribution in [2.75, 3.05) is 0 Å². The summed E-state index contributed by atoms with van der Waals surface area (Å²) in [7, 11) is 0. The Labute approximate surface area is 107 Å². The van der Waals surface area contributed by atoms with Crippen LogP contribution >= 0.6 is 0 Å². The van der Waals surface area contributed by atoms with Crippen LogP contribution in [0.2, 0.25) is 0 Å². The molecular weight excluding hydrogens is 237 g/mol. The normalized spacial score (nSPS) is 13.6. The first-order valence-corrected chi connectivity index (χ1v) is 6.66. The van der Waals surface area contributed by atoms with E-state index in [0.29, 0.717) is 5.56 Å². The minimum atomic E-state index is -4.24. The fourth-order valence-electron chi connectivity index (χ4n) is 2.33. The average molecular weight is 258 g/mol. The van der Waals surface area contributed by atoms with Gasteiger partial charge in [0, 0.05) is 0 Å². The third kappa shape index (κ3) is 4.04. The van der Waals surface area contributed by atoms with Gasteiger partial charge in [-0.3, -0.25) is 0 Å². The molecule has 1 aromatic carbocycles. The van der Waals surface area contributed by atoms with E-state index < -0.39 is 11.7 Å². The topological polar surface area (TPSA) is 0 Å². The fourth-order valence-corrected chi connectivity index (χ4v) is 2.33. The molecule has 0 radical (unpaired) electrons. The Morgan fingerprint density at radius 3 is 2.28 bits per heavy atom. The largest absolute Gasteiger partial charge is 0.416 e. The third-order valence-electron chi connectivity index (χ3n) is 3.35. The van der Waals surface area contributed by atoms with Crippen molar-refractivity contribution < 1.29 is 13.2 Å². The first kappa shape index (κ1) is 15.1. The Hall–Kier alpha value is -0.990. The van der Waals surface area contributed by atoms with E-state index in [1.165, 1.54) is 12.1 Å². The monoisotopic (exact) mass is 258 g/mol. The number of rotatable bonds is 6. The van der Waals surface area contributed by atoms with Gasteiger partial charge in [0.1, 0.15) is 0 Å². The Balaban J connectivity index is 2.91. The van der Waals surface area contributed by atoms with Crippen LogP contribution in [-0.2, 0) is 6.18 Å². The molecule has 0 heterocycles. The summed E-state index contributed by atoms with van der Waals surface area (Å²) in [6.45, 7) is 4.06. The van der Waals surface area contributed by atoms with Crippen LogP contribution in [0.25, 0.3) is 0 Å². The first-order chi connectivity index (χ1) is 8.50. The van der Waals surface area contributed by atoms with E-state index in [9.17, 15) is 13.2 Å². The lowest BCUT2D eigenvalue weighted by molar-refractivity contribution is -0.138. The lowest BCUT2D eigenvalue weighted by atomic mass is 9.87. The van der Waals surface area contributed by atoms with Gasteiger partial charge >= 0.3 is 6.18 Å². The molecule has 0 aliphatic heterocycles. The van der Waals surface area contributed by atoms with E-state index in [1.807, 2.05) is 6.92 Å². The highest BCUT2D eigenvalue weighted by molar-refractivity contribution is 5.32. The molecule has 1 unspecified atom stereocenters. The highest BCUT2D eigenvalue weighted by Gasteiger charge is 2.34. The van der Waals surface area contributed by atoms with E-state index in [0.717, 1.165) is 32.1 Å². The maximum Gasteiger partial charge on any atom is 0.416 e. The van der Waals surface area contributed by atoms with Crippen LogP contribution in [0.15, 0.2) is 24.3 Å². The Bertz CT molecular complexity index is 355. The minimum Gasteiger partial charge on any atom is -0.166 e. The van der Waals surface area contributed by atoms with Crippen molar-refractivity contribution >= 4 is 0 Å². The second-order valence-corrected chi connectivity index (χ2v) is 4.69. The molecule has 0 aromatic heterocycles. The van der Waals surface area contributed by atoms with Crippen LogP contribution in [0.4, 0.5) is 13.2 Å². The zero-order valence-corrected chi connectivity index (χ0v) is 11.1. The summed E-state index contributed by atoms with van der Waals surface area (Å²) in [5.74, 6) is 0.0226. The molecule has 0 saturated heterocycles. The molecule has 0 bridgehead atoms. The van der Waals surface area contributed by atoms with Crippen molar-refractivity contribution in [1.29, 1.82) is 0 Å². The summed E-state index contributed by atoms with van der Waals surface area (Å²) in [5.41, 5.74) is -0.00282. The van der Waals surface area contributed by atoms with Crippen molar-refractivity contribution in [3.8, 4) is 0 Å². The lowest BCUT2D eigenvalue weighted by Gasteiger charge is -2.20. The van der Waals surface area contributed by atoms with Gasteiger partial charge in [-0.2, -0.15) is 13.2 Å². The summed E-state index contributed by atoms with van der Waals surface area (Å²) in [6, 6.07) is 5.99. The molecule has 0 aliphatic rings. The zero-order chi connectivity index (χ0) is 13.6. The Morgan fingerprint density at radius 2 is 1.72 bits per heavy atom. The molecule has 0 saturated carbocycles. The SMILES string of the molecule is CCCCCC(CC)c1ccccc1C(F)(F)F. The van der Waals surface area contributed by atoms with E-state index >= 15 is 0 Å². The highest BCUT2D eigenvalue weighted by Crippen LogP contribution is 2.37. The number of alkyl halides is 3. The molecule has 102 valence electrons. The number of hydrogen-bond acceptors (Lipinski definition) is 0. The number of benzene rings is 1. The van der Waals surface area contributed by atoms with E-state index in [-0.39, 0.29) is 5.92 Å². The standard InChI is InChI=1S/C15H21F3/c1-3-5-6-9-12(4-2)13-10-7-8-11-14(13)15(16,17)18/h7-8,10-12H,3-6,9H2,1-2H3. The van der Waals surface area contributed by atoms with Crippen molar-refractivity contribution in [3.05, 3.63) is 35.4 Å². The molecule has 3 heteroatoms. The van der Waals surface area contributed by atoms with Crippen LogP contribution in [0.1, 0.15) is 63.0 Å². The summed E-state index contributed by atoms with van der Waals surface area (Å²) < 4.78 is 38.8. The summed E-state index contributed by atoms with van der Waals surface area (Å²) in [6.07, 6.45) is 0.548. The van der Waals surface area contributed by atoms with Crippen molar-refractivity contribution in [2.24, 2.45) is 0 Å². The number of halogens is 3. The molecular formula is C15H21F3. The predicted molar refractivity (Wildman–Crippen MR) is 68.6 cm³/mol. The van der Waals surface area contributed by atoms with E-state index in [4.69, 9.17) is 0 Å². The van der Waals surface area contributed by atoms with Gasteiger partial charge in [-0.15, -0.1) is 0 Å². The summed E-state index contributed by atoms with van der Waals surface area (Å²) in [4.78, 5) is 0. The van der Waals surface area contributed by atoms with Gasteiger partial charge in [-0.1, -0.05) is 51.3 Å². The molecule has 1 atom stereocenters. The minimum absolute atomic E-state index is 0.0226. The molecule has 0 spiro atoms. The van der Waals surface area contributed by atoms with Crippen molar-refractivity contribution in [1.82, 2.24) is 0 Å². The second kappa shape index (κ2) is 6.81. The third-order valence-corrected chi connectivity index (χ3v) is 3.35. The first-order valence-electron chi connectivity index (χ1n) is 6.66. The molecule has 0 nitrogen and oxygen atoms in total. The zero-order valence-electron chi connectivity index (χ0n) is 11.1. The molecule has 18 heavy (non-hydrogen) atoms. The summed E-state index contributed by atoms with van der Waals surface area (Å²) >= 11 is 0. The molecule has 1 aromatic rings. The van der Waals surface area contributed by atoms with Crippen LogP contribution in [0, 0.1) is 0 Å². The molecule has 0 amide bonds. The van der Waals surface area contributed by atoms with E-state index in [1.54, 1.807) is 12.1 Å². The van der Waals surface area contributed by atoms with Gasteiger partial charge < -0.3 is 0 Å².